The molecule has 0 fully saturated rings. The van der Waals surface area contributed by atoms with E-state index in [0.29, 0.717) is 0 Å². The first-order valence-corrected chi connectivity index (χ1v) is 20.1. The zero-order chi connectivity index (χ0) is 37.2. The summed E-state index contributed by atoms with van der Waals surface area (Å²) in [5.41, 5.74) is 13.2. The van der Waals surface area contributed by atoms with Crippen molar-refractivity contribution in [1.82, 2.24) is 0 Å². The first-order chi connectivity index (χ1) is 27.7. The highest BCUT2D eigenvalue weighted by molar-refractivity contribution is 7.26. The van der Waals surface area contributed by atoms with Crippen molar-refractivity contribution in [2.75, 3.05) is 0 Å². The van der Waals surface area contributed by atoms with Crippen LogP contribution in [0.1, 0.15) is 11.1 Å². The average Bonchev–Trinajstić information content (AvgIpc) is 3.65. The molecule has 0 saturated heterocycles. The van der Waals surface area contributed by atoms with E-state index in [1.165, 1.54) is 103 Å². The highest BCUT2D eigenvalue weighted by atomic mass is 32.1. The molecule has 10 aromatic rings. The Morgan fingerprint density at radius 3 is 1.75 bits per heavy atom. The molecule has 1 aliphatic rings. The summed E-state index contributed by atoms with van der Waals surface area (Å²) in [5.74, 6) is 0. The molecule has 1 heterocycles. The van der Waals surface area contributed by atoms with Crippen molar-refractivity contribution in [2.45, 2.75) is 6.42 Å². The molecule has 0 aliphatic heterocycles. The number of thiophene rings is 1. The molecule has 0 saturated carbocycles. The first-order valence-electron chi connectivity index (χ1n) is 19.3. The van der Waals surface area contributed by atoms with Crippen molar-refractivity contribution in [1.29, 1.82) is 0 Å². The molecule has 0 N–H and O–H groups in total. The number of hydrogen-bond donors (Lipinski definition) is 0. The minimum absolute atomic E-state index is 0.889. The highest BCUT2D eigenvalue weighted by Crippen LogP contribution is 2.44. The van der Waals surface area contributed by atoms with Gasteiger partial charge in [0.15, 0.2) is 0 Å². The highest BCUT2D eigenvalue weighted by Gasteiger charge is 2.17. The standard InChI is InChI=1S/C55H36S/c1-35-14-3-2-4-15-36-16-5-6-17-42(36)48-28-26-37(33-52(35)48)39-30-40(32-41(31-39)43-23-13-24-51-50-22-11-12-25-54(50)56-55(43)51)38-27-29-49-46-20-8-7-18-44(46)45-19-9-10-21-47(45)53(49)34-38/h2-14,16-34H,1,15H2/b4-2-,14-3-. The molecule has 0 nitrogen and oxygen atoms in total. The molecular weight excluding hydrogens is 693 g/mol. The molecule has 1 heteroatoms. The molecule has 0 radical (unpaired) electrons. The van der Waals surface area contributed by atoms with Crippen molar-refractivity contribution < 1.29 is 0 Å². The van der Waals surface area contributed by atoms with Gasteiger partial charge in [-0.2, -0.15) is 0 Å². The minimum atomic E-state index is 0.889. The van der Waals surface area contributed by atoms with Crippen LogP contribution in [0, 0.1) is 0 Å². The van der Waals surface area contributed by atoms with E-state index in [2.05, 4.69) is 201 Å². The van der Waals surface area contributed by atoms with E-state index in [0.717, 1.165) is 17.6 Å². The Morgan fingerprint density at radius 1 is 0.375 bits per heavy atom. The SMILES string of the molecule is C=C1/C=C\C=C/Cc2ccccc2-c2ccc(-c3cc(-c4ccc5c6ccccc6c6ccccc6c5c4)cc(-c4cccc5c4sc4ccccc45)c3)cc21. The third kappa shape index (κ3) is 5.35. The molecule has 0 unspecified atom stereocenters. The predicted octanol–water partition coefficient (Wildman–Crippen LogP) is 15.9. The lowest BCUT2D eigenvalue weighted by Crippen LogP contribution is -1.95. The molecule has 0 spiro atoms. The topological polar surface area (TPSA) is 0 Å². The summed E-state index contributed by atoms with van der Waals surface area (Å²) in [4.78, 5) is 0. The maximum Gasteiger partial charge on any atom is 0.0433 e. The second kappa shape index (κ2) is 13.2. The Kier molecular flexibility index (Phi) is 7.69. The van der Waals surface area contributed by atoms with E-state index in [9.17, 15) is 0 Å². The third-order valence-corrected chi connectivity index (χ3v) is 12.8. The second-order valence-electron chi connectivity index (χ2n) is 14.9. The normalized spacial score (nSPS) is 14.0. The maximum absolute atomic E-state index is 4.58. The van der Waals surface area contributed by atoms with Gasteiger partial charge in [0.1, 0.15) is 0 Å². The van der Waals surface area contributed by atoms with Gasteiger partial charge >= 0.3 is 0 Å². The van der Waals surface area contributed by atoms with E-state index in [4.69, 9.17) is 0 Å². The quantitative estimate of drug-likeness (QED) is 0.159. The van der Waals surface area contributed by atoms with Crippen LogP contribution < -0.4 is 0 Å². The average molecular weight is 729 g/mol. The fraction of sp³-hybridized carbons (Fsp3) is 0.0182. The van der Waals surface area contributed by atoms with Crippen LogP contribution in [0.15, 0.2) is 201 Å². The molecule has 262 valence electrons. The fourth-order valence-corrected chi connectivity index (χ4v) is 10.1. The Balaban J connectivity index is 1.16. The minimum Gasteiger partial charge on any atom is -0.135 e. The van der Waals surface area contributed by atoms with Gasteiger partial charge in [0, 0.05) is 20.2 Å². The van der Waals surface area contributed by atoms with Crippen molar-refractivity contribution in [3.8, 4) is 44.5 Å². The Hall–Kier alpha value is -6.80. The lowest BCUT2D eigenvalue weighted by Gasteiger charge is -2.18. The molecule has 1 aliphatic carbocycles. The molecule has 11 rings (SSSR count). The Bertz CT molecular complexity index is 3260. The van der Waals surface area contributed by atoms with E-state index in [1.807, 2.05) is 11.3 Å². The van der Waals surface area contributed by atoms with E-state index >= 15 is 0 Å². The smallest absolute Gasteiger partial charge is 0.0433 e. The second-order valence-corrected chi connectivity index (χ2v) is 15.9. The Morgan fingerprint density at radius 2 is 0.964 bits per heavy atom. The van der Waals surface area contributed by atoms with Crippen molar-refractivity contribution >= 4 is 69.4 Å². The number of allylic oxidation sites excluding steroid dienone is 5. The van der Waals surface area contributed by atoms with E-state index in [1.54, 1.807) is 0 Å². The van der Waals surface area contributed by atoms with Crippen LogP contribution in [-0.4, -0.2) is 0 Å². The van der Waals surface area contributed by atoms with Crippen LogP contribution in [0.25, 0.3) is 103 Å². The molecular formula is C55H36S. The van der Waals surface area contributed by atoms with Crippen LogP contribution in [0.5, 0.6) is 0 Å². The monoisotopic (exact) mass is 728 g/mol. The zero-order valence-electron chi connectivity index (χ0n) is 30.8. The van der Waals surface area contributed by atoms with Crippen LogP contribution >= 0.6 is 11.3 Å². The van der Waals surface area contributed by atoms with Gasteiger partial charge in [-0.1, -0.05) is 164 Å². The van der Waals surface area contributed by atoms with Crippen molar-refractivity contribution in [2.24, 2.45) is 0 Å². The van der Waals surface area contributed by atoms with Crippen molar-refractivity contribution in [3.63, 3.8) is 0 Å². The number of benzene rings is 9. The summed E-state index contributed by atoms with van der Waals surface area (Å²) < 4.78 is 2.64. The predicted molar refractivity (Wildman–Crippen MR) is 245 cm³/mol. The summed E-state index contributed by atoms with van der Waals surface area (Å²) >= 11 is 1.89. The van der Waals surface area contributed by atoms with Gasteiger partial charge in [-0.05, 0) is 136 Å². The molecule has 0 amide bonds. The molecule has 56 heavy (non-hydrogen) atoms. The van der Waals surface area contributed by atoms with E-state index < -0.39 is 0 Å². The van der Waals surface area contributed by atoms with Crippen molar-refractivity contribution in [3.05, 3.63) is 212 Å². The lowest BCUT2D eigenvalue weighted by molar-refractivity contribution is 1.27. The van der Waals surface area contributed by atoms with Crippen LogP contribution in [-0.2, 0) is 6.42 Å². The van der Waals surface area contributed by atoms with Gasteiger partial charge in [0.05, 0.1) is 0 Å². The number of fused-ring (bicyclic) bond motifs is 12. The Labute approximate surface area is 330 Å². The largest absolute Gasteiger partial charge is 0.135 e. The third-order valence-electron chi connectivity index (χ3n) is 11.6. The maximum atomic E-state index is 4.58. The fourth-order valence-electron chi connectivity index (χ4n) is 8.90. The van der Waals surface area contributed by atoms with Crippen LogP contribution in [0.2, 0.25) is 0 Å². The summed E-state index contributed by atoms with van der Waals surface area (Å²) in [6.45, 7) is 4.58. The first kappa shape index (κ1) is 32.6. The van der Waals surface area contributed by atoms with Gasteiger partial charge in [0.2, 0.25) is 0 Å². The molecule has 1 aromatic heterocycles. The lowest BCUT2D eigenvalue weighted by atomic mass is 9.86. The van der Waals surface area contributed by atoms with E-state index in [-0.39, 0.29) is 0 Å². The summed E-state index contributed by atoms with van der Waals surface area (Å²) in [6, 6.07) is 63.2. The summed E-state index contributed by atoms with van der Waals surface area (Å²) in [6.07, 6.45) is 9.50. The van der Waals surface area contributed by atoms with Gasteiger partial charge in [-0.25, -0.2) is 0 Å². The summed E-state index contributed by atoms with van der Waals surface area (Å²) in [5, 5.41) is 10.3. The van der Waals surface area contributed by atoms with Gasteiger partial charge in [-0.15, -0.1) is 11.3 Å². The van der Waals surface area contributed by atoms with Crippen LogP contribution in [0.3, 0.4) is 0 Å². The molecule has 0 atom stereocenters. The van der Waals surface area contributed by atoms with Gasteiger partial charge in [-0.3, -0.25) is 0 Å². The zero-order valence-corrected chi connectivity index (χ0v) is 31.6. The number of hydrogen-bond acceptors (Lipinski definition) is 1. The number of rotatable bonds is 3. The van der Waals surface area contributed by atoms with Crippen LogP contribution in [0.4, 0.5) is 0 Å². The molecule has 9 aromatic carbocycles. The summed E-state index contributed by atoms with van der Waals surface area (Å²) in [7, 11) is 0. The van der Waals surface area contributed by atoms with Gasteiger partial charge in [0.25, 0.3) is 0 Å². The molecule has 0 bridgehead atoms. The van der Waals surface area contributed by atoms with Gasteiger partial charge < -0.3 is 0 Å².